The molecule has 5 rings (SSSR count). The highest BCUT2D eigenvalue weighted by atomic mass is 32.2. The van der Waals surface area contributed by atoms with Crippen LogP contribution in [-0.2, 0) is 18.4 Å². The minimum Gasteiger partial charge on any atom is -0.368 e. The SMILES string of the molecule is Cc1c(C=C2SC(=S)N(Cc3ccccc3)C2=O)c(N2CCN(c3ccccc3)CC2)n(C)c(=O)c1C#N. The maximum Gasteiger partial charge on any atom is 0.270 e. The first-order chi connectivity index (χ1) is 18.4. The number of thioether (sulfide) groups is 1. The summed E-state index contributed by atoms with van der Waals surface area (Å²) in [5, 5.41) is 9.77. The number of pyridine rings is 1. The standard InChI is InChI=1S/C29H27N5O2S2/c1-20-23(17-25-28(36)34(29(37)38-25)19-21-9-5-3-6-10-21)26(31(2)27(35)24(20)18-30)33-15-13-32(14-16-33)22-11-7-4-8-12-22/h3-12,17H,13-16,19H2,1-2H3. The van der Waals surface area contributed by atoms with Crippen LogP contribution in [0.15, 0.2) is 70.4 Å². The van der Waals surface area contributed by atoms with Crippen LogP contribution in [0.2, 0.25) is 0 Å². The van der Waals surface area contributed by atoms with E-state index in [4.69, 9.17) is 12.2 Å². The van der Waals surface area contributed by atoms with E-state index in [0.717, 1.165) is 18.7 Å². The van der Waals surface area contributed by atoms with Crippen LogP contribution < -0.4 is 15.4 Å². The first kappa shape index (κ1) is 25.8. The average molecular weight is 542 g/mol. The summed E-state index contributed by atoms with van der Waals surface area (Å²) in [7, 11) is 1.69. The van der Waals surface area contributed by atoms with Crippen LogP contribution in [0.25, 0.3) is 6.08 Å². The second kappa shape index (κ2) is 10.9. The Balaban J connectivity index is 1.50. The molecule has 0 atom stereocenters. The molecule has 0 spiro atoms. The van der Waals surface area contributed by atoms with E-state index in [0.29, 0.717) is 45.8 Å². The van der Waals surface area contributed by atoms with E-state index in [9.17, 15) is 14.9 Å². The van der Waals surface area contributed by atoms with E-state index in [2.05, 4.69) is 28.0 Å². The summed E-state index contributed by atoms with van der Waals surface area (Å²) in [5.41, 5.74) is 3.19. The molecule has 1 aromatic heterocycles. The molecule has 2 aliphatic rings. The van der Waals surface area contributed by atoms with Crippen LogP contribution in [0.5, 0.6) is 0 Å². The number of benzene rings is 2. The summed E-state index contributed by atoms with van der Waals surface area (Å²) in [4.78, 5) is 33.1. The molecular formula is C29H27N5O2S2. The van der Waals surface area contributed by atoms with Gasteiger partial charge in [0, 0.05) is 44.5 Å². The Labute approximate surface area is 231 Å². The molecule has 0 saturated carbocycles. The van der Waals surface area contributed by atoms with Gasteiger partial charge in [-0.2, -0.15) is 5.26 Å². The molecular weight excluding hydrogens is 514 g/mol. The van der Waals surface area contributed by atoms with Crippen molar-refractivity contribution in [2.45, 2.75) is 13.5 Å². The Morgan fingerprint density at radius 2 is 1.58 bits per heavy atom. The molecule has 3 heterocycles. The molecule has 2 aromatic carbocycles. The van der Waals surface area contributed by atoms with Gasteiger partial charge in [0.05, 0.1) is 11.4 Å². The zero-order valence-electron chi connectivity index (χ0n) is 21.3. The van der Waals surface area contributed by atoms with Crippen molar-refractivity contribution < 1.29 is 4.79 Å². The van der Waals surface area contributed by atoms with Crippen LogP contribution in [0, 0.1) is 18.3 Å². The minimum absolute atomic E-state index is 0.0881. The Kier molecular flexibility index (Phi) is 7.36. The molecule has 1 amide bonds. The number of hydrogen-bond donors (Lipinski definition) is 0. The van der Waals surface area contributed by atoms with Gasteiger partial charge in [-0.15, -0.1) is 0 Å². The van der Waals surface area contributed by atoms with Gasteiger partial charge >= 0.3 is 0 Å². The fraction of sp³-hybridized carbons (Fsp3) is 0.241. The molecule has 0 unspecified atom stereocenters. The van der Waals surface area contributed by atoms with E-state index >= 15 is 0 Å². The van der Waals surface area contributed by atoms with Crippen LogP contribution in [0.1, 0.15) is 22.3 Å². The van der Waals surface area contributed by atoms with Crippen molar-refractivity contribution >= 4 is 51.8 Å². The summed E-state index contributed by atoms with van der Waals surface area (Å²) in [6.07, 6.45) is 1.80. The molecule has 0 radical (unpaired) electrons. The molecule has 192 valence electrons. The average Bonchev–Trinajstić information content (AvgIpc) is 3.20. The second-order valence-electron chi connectivity index (χ2n) is 9.28. The van der Waals surface area contributed by atoms with Crippen LogP contribution in [0.4, 0.5) is 11.5 Å². The largest absolute Gasteiger partial charge is 0.368 e. The van der Waals surface area contributed by atoms with Crippen molar-refractivity contribution in [3.63, 3.8) is 0 Å². The van der Waals surface area contributed by atoms with E-state index in [-0.39, 0.29) is 17.0 Å². The van der Waals surface area contributed by atoms with E-state index in [1.165, 1.54) is 17.4 Å². The zero-order chi connectivity index (χ0) is 26.8. The van der Waals surface area contributed by atoms with Crippen LogP contribution in [-0.4, -0.2) is 45.9 Å². The lowest BCUT2D eigenvalue weighted by atomic mass is 10.0. The third kappa shape index (κ3) is 4.85. The number of nitrogens with zero attached hydrogens (tertiary/aromatic N) is 5. The fourth-order valence-electron chi connectivity index (χ4n) is 4.94. The summed E-state index contributed by atoms with van der Waals surface area (Å²) in [6.45, 7) is 5.14. The summed E-state index contributed by atoms with van der Waals surface area (Å²) >= 11 is 6.81. The summed E-state index contributed by atoms with van der Waals surface area (Å²) in [6, 6.07) is 22.1. The topological polar surface area (TPSA) is 72.6 Å². The van der Waals surface area contributed by atoms with Crippen molar-refractivity contribution in [3.8, 4) is 6.07 Å². The number of anilines is 2. The smallest absolute Gasteiger partial charge is 0.270 e. The van der Waals surface area contributed by atoms with Crippen LogP contribution >= 0.6 is 24.0 Å². The number of hydrogen-bond acceptors (Lipinski definition) is 7. The van der Waals surface area contributed by atoms with Gasteiger partial charge < -0.3 is 9.80 Å². The second-order valence-corrected chi connectivity index (χ2v) is 11.0. The van der Waals surface area contributed by atoms with Crippen molar-refractivity contribution in [2.75, 3.05) is 36.0 Å². The highest BCUT2D eigenvalue weighted by Gasteiger charge is 2.33. The van der Waals surface area contributed by atoms with Gasteiger partial charge in [-0.25, -0.2) is 0 Å². The van der Waals surface area contributed by atoms with Crippen molar-refractivity contribution in [1.29, 1.82) is 5.26 Å². The highest BCUT2D eigenvalue weighted by molar-refractivity contribution is 8.26. The minimum atomic E-state index is -0.334. The molecule has 2 fully saturated rings. The molecule has 0 N–H and O–H groups in total. The lowest BCUT2D eigenvalue weighted by Crippen LogP contribution is -2.48. The molecule has 0 aliphatic carbocycles. The summed E-state index contributed by atoms with van der Waals surface area (Å²) in [5.74, 6) is 0.544. The van der Waals surface area contributed by atoms with Crippen molar-refractivity contribution in [1.82, 2.24) is 9.47 Å². The predicted molar refractivity (Wildman–Crippen MR) is 157 cm³/mol. The maximum absolute atomic E-state index is 13.4. The van der Waals surface area contributed by atoms with E-state index in [1.807, 2.05) is 48.5 Å². The Bertz CT molecular complexity index is 1520. The molecule has 38 heavy (non-hydrogen) atoms. The number of para-hydroxylation sites is 1. The number of nitriles is 1. The first-order valence-electron chi connectivity index (χ1n) is 12.4. The Morgan fingerprint density at radius 3 is 2.21 bits per heavy atom. The molecule has 2 saturated heterocycles. The number of carbonyl (C=O) groups excluding carboxylic acids is 1. The third-order valence-corrected chi connectivity index (χ3v) is 8.38. The third-order valence-electron chi connectivity index (χ3n) is 7.00. The molecule has 2 aliphatic heterocycles. The first-order valence-corrected chi connectivity index (χ1v) is 13.6. The molecule has 3 aromatic rings. The Hall–Kier alpha value is -3.87. The van der Waals surface area contributed by atoms with Gasteiger partial charge in [0.25, 0.3) is 11.5 Å². The number of amides is 1. The van der Waals surface area contributed by atoms with Gasteiger partial charge in [0.15, 0.2) is 0 Å². The number of aromatic nitrogens is 1. The molecule has 7 nitrogen and oxygen atoms in total. The van der Waals surface area contributed by atoms with Gasteiger partial charge in [0.1, 0.15) is 21.8 Å². The summed E-state index contributed by atoms with van der Waals surface area (Å²) < 4.78 is 2.03. The Morgan fingerprint density at radius 1 is 0.974 bits per heavy atom. The highest BCUT2D eigenvalue weighted by Crippen LogP contribution is 2.36. The monoisotopic (exact) mass is 541 g/mol. The fourth-order valence-corrected chi connectivity index (χ4v) is 6.18. The van der Waals surface area contributed by atoms with Gasteiger partial charge in [0.2, 0.25) is 0 Å². The quantitative estimate of drug-likeness (QED) is 0.352. The van der Waals surface area contributed by atoms with Crippen molar-refractivity contribution in [3.05, 3.63) is 98.2 Å². The lowest BCUT2D eigenvalue weighted by Gasteiger charge is -2.38. The maximum atomic E-state index is 13.4. The van der Waals surface area contributed by atoms with Gasteiger partial charge in [-0.3, -0.25) is 19.1 Å². The van der Waals surface area contributed by atoms with Crippen LogP contribution in [0.3, 0.4) is 0 Å². The van der Waals surface area contributed by atoms with E-state index < -0.39 is 0 Å². The normalized spacial score (nSPS) is 16.9. The van der Waals surface area contributed by atoms with E-state index in [1.54, 1.807) is 29.5 Å². The number of rotatable bonds is 5. The van der Waals surface area contributed by atoms with Gasteiger partial charge in [-0.1, -0.05) is 72.5 Å². The molecule has 0 bridgehead atoms. The number of carbonyl (C=O) groups is 1. The molecule has 9 heteroatoms. The number of piperazine rings is 1. The van der Waals surface area contributed by atoms with Crippen molar-refractivity contribution in [2.24, 2.45) is 7.05 Å². The number of thiocarbonyl (C=S) groups is 1. The lowest BCUT2D eigenvalue weighted by molar-refractivity contribution is -0.122. The zero-order valence-corrected chi connectivity index (χ0v) is 22.9. The predicted octanol–water partition coefficient (Wildman–Crippen LogP) is 4.29. The van der Waals surface area contributed by atoms with Gasteiger partial charge in [-0.05, 0) is 36.3 Å².